The van der Waals surface area contributed by atoms with Crippen LogP contribution in [0, 0.1) is 5.82 Å². The molecule has 1 fully saturated rings. The predicted molar refractivity (Wildman–Crippen MR) is 111 cm³/mol. The van der Waals surface area contributed by atoms with Gasteiger partial charge < -0.3 is 15.4 Å². The van der Waals surface area contributed by atoms with E-state index in [1.807, 2.05) is 0 Å². The zero-order chi connectivity index (χ0) is 20.6. The summed E-state index contributed by atoms with van der Waals surface area (Å²) >= 11 is 6.07. The van der Waals surface area contributed by atoms with Crippen LogP contribution < -0.4 is 5.32 Å². The molecular formula is C20H24ClFN6O. The van der Waals surface area contributed by atoms with Gasteiger partial charge in [0.1, 0.15) is 5.65 Å². The van der Waals surface area contributed by atoms with E-state index in [2.05, 4.69) is 30.2 Å². The van der Waals surface area contributed by atoms with Crippen molar-refractivity contribution < 1.29 is 9.50 Å². The topological polar surface area (TPSA) is 90.0 Å². The molecular weight excluding hydrogens is 395 g/mol. The Morgan fingerprint density at radius 3 is 3.00 bits per heavy atom. The second-order valence-electron chi connectivity index (χ2n) is 8.17. The number of β-amino-alcohol motifs (C(OH)–C–C–N with tert-alkyl or cyclic N) is 1. The third-order valence-electron chi connectivity index (χ3n) is 4.94. The fourth-order valence-corrected chi connectivity index (χ4v) is 3.98. The van der Waals surface area contributed by atoms with E-state index in [9.17, 15) is 9.50 Å². The van der Waals surface area contributed by atoms with E-state index in [0.29, 0.717) is 28.6 Å². The zero-order valence-electron chi connectivity index (χ0n) is 16.4. The standard InChI is InChI=1S/C20H24ClFN6O/c1-20(2,29)11-28-5-3-4-13(10-28)26-19-16(22)9-25-18(27-19)15-8-24-17-14(15)6-12(21)7-23-17/h6-9,13,29H,3-5,10-11H2,1-2H3,(H,23,24)(H,25,26,27). The van der Waals surface area contributed by atoms with Gasteiger partial charge in [0, 0.05) is 42.5 Å². The van der Waals surface area contributed by atoms with Crippen molar-refractivity contribution in [2.24, 2.45) is 0 Å². The van der Waals surface area contributed by atoms with Crippen molar-refractivity contribution in [2.75, 3.05) is 25.0 Å². The maximum atomic E-state index is 14.4. The van der Waals surface area contributed by atoms with Gasteiger partial charge in [-0.05, 0) is 39.3 Å². The van der Waals surface area contributed by atoms with Crippen LogP contribution in [0.3, 0.4) is 0 Å². The first-order valence-electron chi connectivity index (χ1n) is 9.65. The van der Waals surface area contributed by atoms with Crippen molar-refractivity contribution in [1.82, 2.24) is 24.8 Å². The third-order valence-corrected chi connectivity index (χ3v) is 5.15. The van der Waals surface area contributed by atoms with Crippen LogP contribution in [0.15, 0.2) is 24.7 Å². The number of likely N-dealkylation sites (tertiary alicyclic amines) is 1. The van der Waals surface area contributed by atoms with Gasteiger partial charge in [-0.3, -0.25) is 4.90 Å². The number of H-pyrrole nitrogens is 1. The number of rotatable bonds is 5. The third kappa shape index (κ3) is 4.66. The Hall–Kier alpha value is -2.29. The monoisotopic (exact) mass is 418 g/mol. The largest absolute Gasteiger partial charge is 0.389 e. The predicted octanol–water partition coefficient (Wildman–Crippen LogP) is 3.46. The SMILES string of the molecule is CC(C)(O)CN1CCCC(Nc2nc(-c3c[nH]c4ncc(Cl)cc34)ncc2F)C1. The van der Waals surface area contributed by atoms with E-state index in [-0.39, 0.29) is 11.9 Å². The van der Waals surface area contributed by atoms with E-state index < -0.39 is 11.4 Å². The molecule has 3 N–H and O–H groups in total. The molecule has 0 amide bonds. The zero-order valence-corrected chi connectivity index (χ0v) is 17.2. The van der Waals surface area contributed by atoms with Crippen LogP contribution in [-0.4, -0.2) is 61.2 Å². The fraction of sp³-hybridized carbons (Fsp3) is 0.450. The van der Waals surface area contributed by atoms with Crippen molar-refractivity contribution in [3.63, 3.8) is 0 Å². The van der Waals surface area contributed by atoms with E-state index in [4.69, 9.17) is 11.6 Å². The number of aromatic nitrogens is 4. The van der Waals surface area contributed by atoms with Gasteiger partial charge in [-0.1, -0.05) is 11.6 Å². The smallest absolute Gasteiger partial charge is 0.183 e. The average molecular weight is 419 g/mol. The molecule has 0 bridgehead atoms. The molecule has 0 aliphatic carbocycles. The van der Waals surface area contributed by atoms with Crippen LogP contribution in [0.5, 0.6) is 0 Å². The Labute approximate surface area is 173 Å². The van der Waals surface area contributed by atoms with E-state index >= 15 is 0 Å². The number of pyridine rings is 1. The minimum Gasteiger partial charge on any atom is -0.389 e. The molecule has 7 nitrogen and oxygen atoms in total. The second-order valence-corrected chi connectivity index (χ2v) is 8.61. The van der Waals surface area contributed by atoms with Gasteiger partial charge in [0.2, 0.25) is 0 Å². The first-order valence-corrected chi connectivity index (χ1v) is 10.0. The summed E-state index contributed by atoms with van der Waals surface area (Å²) in [6.07, 6.45) is 6.37. The average Bonchev–Trinajstić information content (AvgIpc) is 3.05. The Morgan fingerprint density at radius 1 is 1.38 bits per heavy atom. The number of hydrogen-bond acceptors (Lipinski definition) is 6. The minimum absolute atomic E-state index is 0.0439. The Morgan fingerprint density at radius 2 is 2.21 bits per heavy atom. The first kappa shape index (κ1) is 20.0. The Bertz CT molecular complexity index is 1020. The van der Waals surface area contributed by atoms with Crippen molar-refractivity contribution in [3.8, 4) is 11.4 Å². The summed E-state index contributed by atoms with van der Waals surface area (Å²) in [5.41, 5.74) is 0.617. The molecule has 9 heteroatoms. The van der Waals surface area contributed by atoms with Crippen molar-refractivity contribution >= 4 is 28.5 Å². The molecule has 3 aromatic rings. The maximum Gasteiger partial charge on any atom is 0.183 e. The highest BCUT2D eigenvalue weighted by molar-refractivity contribution is 6.31. The molecule has 29 heavy (non-hydrogen) atoms. The summed E-state index contributed by atoms with van der Waals surface area (Å²) in [6, 6.07) is 1.83. The van der Waals surface area contributed by atoms with E-state index in [1.54, 1.807) is 32.3 Å². The second kappa shape index (κ2) is 7.85. The lowest BCUT2D eigenvalue weighted by molar-refractivity contribution is 0.0286. The van der Waals surface area contributed by atoms with Gasteiger partial charge in [-0.15, -0.1) is 0 Å². The molecule has 1 atom stereocenters. The minimum atomic E-state index is -0.764. The molecule has 3 aromatic heterocycles. The van der Waals surface area contributed by atoms with Crippen molar-refractivity contribution in [2.45, 2.75) is 38.3 Å². The number of hydrogen-bond donors (Lipinski definition) is 3. The van der Waals surface area contributed by atoms with Crippen LogP contribution in [0.2, 0.25) is 5.02 Å². The number of halogens is 2. The number of nitrogens with zero attached hydrogens (tertiary/aromatic N) is 4. The number of aliphatic hydroxyl groups is 1. The molecule has 1 aliphatic heterocycles. The molecule has 0 spiro atoms. The molecule has 154 valence electrons. The lowest BCUT2D eigenvalue weighted by Crippen LogP contribution is -2.47. The van der Waals surface area contributed by atoms with Gasteiger partial charge >= 0.3 is 0 Å². The quantitative estimate of drug-likeness (QED) is 0.588. The van der Waals surface area contributed by atoms with Crippen LogP contribution >= 0.6 is 11.6 Å². The highest BCUT2D eigenvalue weighted by Crippen LogP contribution is 2.28. The maximum absolute atomic E-state index is 14.4. The summed E-state index contributed by atoms with van der Waals surface area (Å²) in [6.45, 7) is 5.80. The Balaban J connectivity index is 1.56. The fourth-order valence-electron chi connectivity index (χ4n) is 3.82. The number of aromatic amines is 1. The van der Waals surface area contributed by atoms with Crippen molar-refractivity contribution in [1.29, 1.82) is 0 Å². The highest BCUT2D eigenvalue weighted by atomic mass is 35.5. The van der Waals surface area contributed by atoms with Gasteiger partial charge in [0.15, 0.2) is 17.5 Å². The van der Waals surface area contributed by atoms with E-state index in [0.717, 1.165) is 31.3 Å². The van der Waals surface area contributed by atoms with Crippen LogP contribution in [0.4, 0.5) is 10.2 Å². The number of piperidine rings is 1. The number of fused-ring (bicyclic) bond motifs is 1. The summed E-state index contributed by atoms with van der Waals surface area (Å²) < 4.78 is 14.4. The van der Waals surface area contributed by atoms with Crippen LogP contribution in [-0.2, 0) is 0 Å². The summed E-state index contributed by atoms with van der Waals surface area (Å²) in [7, 11) is 0. The number of nitrogens with one attached hydrogen (secondary N) is 2. The number of anilines is 1. The van der Waals surface area contributed by atoms with Crippen LogP contribution in [0.25, 0.3) is 22.4 Å². The molecule has 0 radical (unpaired) electrons. The molecule has 4 heterocycles. The highest BCUT2D eigenvalue weighted by Gasteiger charge is 2.25. The molecule has 1 aliphatic rings. The van der Waals surface area contributed by atoms with Crippen LogP contribution in [0.1, 0.15) is 26.7 Å². The van der Waals surface area contributed by atoms with Gasteiger partial charge in [0.25, 0.3) is 0 Å². The summed E-state index contributed by atoms with van der Waals surface area (Å²) in [4.78, 5) is 18.1. The molecule has 4 rings (SSSR count). The van der Waals surface area contributed by atoms with Gasteiger partial charge in [-0.25, -0.2) is 19.3 Å². The molecule has 1 saturated heterocycles. The first-order chi connectivity index (χ1) is 13.8. The normalized spacial score (nSPS) is 18.3. The lowest BCUT2D eigenvalue weighted by atomic mass is 10.0. The van der Waals surface area contributed by atoms with Gasteiger partial charge in [0.05, 0.1) is 16.8 Å². The summed E-state index contributed by atoms with van der Waals surface area (Å²) in [5.74, 6) is 0.0761. The Kier molecular flexibility index (Phi) is 5.42. The van der Waals surface area contributed by atoms with Gasteiger partial charge in [-0.2, -0.15) is 0 Å². The molecule has 0 saturated carbocycles. The lowest BCUT2D eigenvalue weighted by Gasteiger charge is -2.36. The van der Waals surface area contributed by atoms with E-state index in [1.165, 1.54) is 6.20 Å². The molecule has 1 unspecified atom stereocenters. The van der Waals surface area contributed by atoms with Crippen molar-refractivity contribution in [3.05, 3.63) is 35.5 Å². The summed E-state index contributed by atoms with van der Waals surface area (Å²) in [5, 5.41) is 14.6. The molecule has 0 aromatic carbocycles.